The van der Waals surface area contributed by atoms with Gasteiger partial charge in [-0.25, -0.2) is 4.98 Å². The first kappa shape index (κ1) is 10.1. The highest BCUT2D eigenvalue weighted by Gasteiger charge is 2.31. The summed E-state index contributed by atoms with van der Waals surface area (Å²) in [6.45, 7) is 3.52. The van der Waals surface area contributed by atoms with E-state index in [1.165, 1.54) is 32.4 Å². The Kier molecular flexibility index (Phi) is 2.59. The van der Waals surface area contributed by atoms with Gasteiger partial charge in [0.25, 0.3) is 0 Å². The second-order valence-corrected chi connectivity index (χ2v) is 5.04. The SMILES string of the molecule is Cn1ccnc1N1CCC2NCCCC2C1. The van der Waals surface area contributed by atoms with Crippen LogP contribution >= 0.6 is 0 Å². The molecule has 0 aliphatic carbocycles. The summed E-state index contributed by atoms with van der Waals surface area (Å²) < 4.78 is 2.12. The minimum atomic E-state index is 0.755. The molecule has 0 aromatic carbocycles. The van der Waals surface area contributed by atoms with E-state index in [0.717, 1.165) is 24.5 Å². The topological polar surface area (TPSA) is 33.1 Å². The smallest absolute Gasteiger partial charge is 0.205 e. The van der Waals surface area contributed by atoms with E-state index < -0.39 is 0 Å². The largest absolute Gasteiger partial charge is 0.342 e. The Hall–Kier alpha value is -1.03. The van der Waals surface area contributed by atoms with E-state index >= 15 is 0 Å². The summed E-state index contributed by atoms with van der Waals surface area (Å²) in [6.07, 6.45) is 7.88. The van der Waals surface area contributed by atoms with Gasteiger partial charge in [-0.1, -0.05) is 0 Å². The van der Waals surface area contributed by atoms with Crippen molar-refractivity contribution in [3.63, 3.8) is 0 Å². The molecule has 1 N–H and O–H groups in total. The number of piperidine rings is 2. The molecule has 4 nitrogen and oxygen atoms in total. The zero-order valence-electron chi connectivity index (χ0n) is 9.89. The number of imidazole rings is 1. The van der Waals surface area contributed by atoms with Crippen LogP contribution in [0.3, 0.4) is 0 Å². The van der Waals surface area contributed by atoms with E-state index in [9.17, 15) is 0 Å². The van der Waals surface area contributed by atoms with Crippen molar-refractivity contribution in [1.82, 2.24) is 14.9 Å². The molecule has 16 heavy (non-hydrogen) atoms. The summed E-state index contributed by atoms with van der Waals surface area (Å²) in [5.41, 5.74) is 0. The van der Waals surface area contributed by atoms with E-state index in [1.807, 2.05) is 12.4 Å². The number of fused-ring (bicyclic) bond motifs is 1. The third kappa shape index (κ3) is 1.71. The maximum atomic E-state index is 4.45. The van der Waals surface area contributed by atoms with Crippen LogP contribution in [0.5, 0.6) is 0 Å². The summed E-state index contributed by atoms with van der Waals surface area (Å²) >= 11 is 0. The zero-order valence-corrected chi connectivity index (χ0v) is 9.89. The molecule has 2 saturated heterocycles. The van der Waals surface area contributed by atoms with Gasteiger partial charge in [0.1, 0.15) is 0 Å². The summed E-state index contributed by atoms with van der Waals surface area (Å²) in [6, 6.07) is 0.755. The van der Waals surface area contributed by atoms with Gasteiger partial charge in [-0.2, -0.15) is 0 Å². The van der Waals surface area contributed by atoms with Crippen LogP contribution in [0.2, 0.25) is 0 Å². The van der Waals surface area contributed by atoms with Crippen LogP contribution in [0.25, 0.3) is 0 Å². The van der Waals surface area contributed by atoms with Crippen LogP contribution in [-0.4, -0.2) is 35.2 Å². The molecule has 3 rings (SSSR count). The summed E-state index contributed by atoms with van der Waals surface area (Å²) in [5.74, 6) is 1.95. The maximum Gasteiger partial charge on any atom is 0.205 e. The number of aryl methyl sites for hydroxylation is 1. The van der Waals surface area contributed by atoms with Crippen molar-refractivity contribution in [1.29, 1.82) is 0 Å². The fourth-order valence-corrected chi connectivity index (χ4v) is 3.09. The fourth-order valence-electron chi connectivity index (χ4n) is 3.09. The molecule has 0 amide bonds. The van der Waals surface area contributed by atoms with Crippen molar-refractivity contribution < 1.29 is 0 Å². The van der Waals surface area contributed by atoms with Gasteiger partial charge in [0.15, 0.2) is 0 Å². The van der Waals surface area contributed by atoms with Crippen molar-refractivity contribution >= 4 is 5.95 Å². The molecular weight excluding hydrogens is 200 g/mol. The zero-order chi connectivity index (χ0) is 11.0. The quantitative estimate of drug-likeness (QED) is 0.766. The molecule has 2 fully saturated rings. The first-order valence-corrected chi connectivity index (χ1v) is 6.30. The predicted molar refractivity (Wildman–Crippen MR) is 64.6 cm³/mol. The highest BCUT2D eigenvalue weighted by molar-refractivity contribution is 5.32. The molecular formula is C12H20N4. The van der Waals surface area contributed by atoms with Gasteiger partial charge < -0.3 is 14.8 Å². The first-order valence-electron chi connectivity index (χ1n) is 6.30. The van der Waals surface area contributed by atoms with E-state index in [4.69, 9.17) is 0 Å². The summed E-state index contributed by atoms with van der Waals surface area (Å²) in [5, 5.41) is 3.65. The number of rotatable bonds is 1. The first-order chi connectivity index (χ1) is 7.84. The molecule has 1 aromatic rings. The standard InChI is InChI=1S/C12H20N4/c1-15-8-6-14-12(15)16-7-4-11-10(9-16)3-2-5-13-11/h6,8,10-11,13H,2-5,7,9H2,1H3. The van der Waals surface area contributed by atoms with Crippen LogP contribution in [0, 0.1) is 5.92 Å². The van der Waals surface area contributed by atoms with E-state index in [0.29, 0.717) is 0 Å². The minimum absolute atomic E-state index is 0.755. The molecule has 88 valence electrons. The average molecular weight is 220 g/mol. The Balaban J connectivity index is 1.73. The van der Waals surface area contributed by atoms with Crippen molar-refractivity contribution in [2.24, 2.45) is 13.0 Å². The molecule has 1 aromatic heterocycles. The van der Waals surface area contributed by atoms with Crippen LogP contribution in [0.4, 0.5) is 5.95 Å². The normalized spacial score (nSPS) is 30.2. The summed E-state index contributed by atoms with van der Waals surface area (Å²) in [7, 11) is 2.08. The lowest BCUT2D eigenvalue weighted by Crippen LogP contribution is -2.52. The number of nitrogens with one attached hydrogen (secondary N) is 1. The Morgan fingerprint density at radius 1 is 1.44 bits per heavy atom. The average Bonchev–Trinajstić information content (AvgIpc) is 2.75. The Morgan fingerprint density at radius 2 is 2.38 bits per heavy atom. The molecule has 3 heterocycles. The molecule has 0 saturated carbocycles. The van der Waals surface area contributed by atoms with Crippen LogP contribution in [0.1, 0.15) is 19.3 Å². The third-order valence-corrected chi connectivity index (χ3v) is 3.97. The van der Waals surface area contributed by atoms with Crippen LogP contribution < -0.4 is 10.2 Å². The molecule has 2 aliphatic rings. The van der Waals surface area contributed by atoms with Crippen molar-refractivity contribution in [2.75, 3.05) is 24.5 Å². The lowest BCUT2D eigenvalue weighted by molar-refractivity contribution is 0.242. The van der Waals surface area contributed by atoms with Gasteiger partial charge in [-0.15, -0.1) is 0 Å². The monoisotopic (exact) mass is 220 g/mol. The molecule has 0 bridgehead atoms. The Morgan fingerprint density at radius 3 is 3.19 bits per heavy atom. The van der Waals surface area contributed by atoms with Gasteiger partial charge in [0.05, 0.1) is 0 Å². The second-order valence-electron chi connectivity index (χ2n) is 5.04. The Bertz CT molecular complexity index is 360. The highest BCUT2D eigenvalue weighted by Crippen LogP contribution is 2.27. The fraction of sp³-hybridized carbons (Fsp3) is 0.750. The minimum Gasteiger partial charge on any atom is -0.342 e. The number of hydrogen-bond donors (Lipinski definition) is 1. The lowest BCUT2D eigenvalue weighted by Gasteiger charge is -2.42. The Labute approximate surface area is 96.7 Å². The van der Waals surface area contributed by atoms with Gasteiger partial charge in [-0.05, 0) is 31.7 Å². The summed E-state index contributed by atoms with van der Waals surface area (Å²) in [4.78, 5) is 6.88. The van der Waals surface area contributed by atoms with Gasteiger partial charge in [-0.3, -0.25) is 0 Å². The molecule has 2 atom stereocenters. The second kappa shape index (κ2) is 4.09. The predicted octanol–water partition coefficient (Wildman–Crippen LogP) is 0.998. The molecule has 2 unspecified atom stereocenters. The third-order valence-electron chi connectivity index (χ3n) is 3.97. The van der Waals surface area contributed by atoms with Crippen molar-refractivity contribution in [3.05, 3.63) is 12.4 Å². The molecule has 0 radical (unpaired) electrons. The molecule has 4 heteroatoms. The van der Waals surface area contributed by atoms with E-state index in [-0.39, 0.29) is 0 Å². The molecule has 2 aliphatic heterocycles. The van der Waals surface area contributed by atoms with Crippen LogP contribution in [0.15, 0.2) is 12.4 Å². The maximum absolute atomic E-state index is 4.45. The number of nitrogens with zero attached hydrogens (tertiary/aromatic N) is 3. The van der Waals surface area contributed by atoms with Gasteiger partial charge in [0, 0.05) is 38.6 Å². The van der Waals surface area contributed by atoms with Gasteiger partial charge >= 0.3 is 0 Å². The van der Waals surface area contributed by atoms with E-state index in [1.54, 1.807) is 0 Å². The number of aromatic nitrogens is 2. The lowest BCUT2D eigenvalue weighted by atomic mass is 9.85. The van der Waals surface area contributed by atoms with Crippen molar-refractivity contribution in [3.8, 4) is 0 Å². The van der Waals surface area contributed by atoms with E-state index in [2.05, 4.69) is 26.8 Å². The highest BCUT2D eigenvalue weighted by atomic mass is 15.3. The van der Waals surface area contributed by atoms with Gasteiger partial charge in [0.2, 0.25) is 5.95 Å². The van der Waals surface area contributed by atoms with Crippen molar-refractivity contribution in [2.45, 2.75) is 25.3 Å². The number of anilines is 1. The molecule has 0 spiro atoms. The van der Waals surface area contributed by atoms with Crippen LogP contribution in [-0.2, 0) is 7.05 Å². The number of hydrogen-bond acceptors (Lipinski definition) is 3.